The Morgan fingerprint density at radius 3 is 2.00 bits per heavy atom. The van der Waals surface area contributed by atoms with Gasteiger partial charge in [0.1, 0.15) is 5.82 Å². The van der Waals surface area contributed by atoms with Gasteiger partial charge in [-0.15, -0.1) is 0 Å². The Kier molecular flexibility index (Phi) is 6.95. The van der Waals surface area contributed by atoms with Crippen molar-refractivity contribution in [3.05, 3.63) is 71.0 Å². The van der Waals surface area contributed by atoms with E-state index in [1.54, 1.807) is 29.2 Å². The van der Waals surface area contributed by atoms with Crippen molar-refractivity contribution in [3.8, 4) is 0 Å². The summed E-state index contributed by atoms with van der Waals surface area (Å²) in [6.45, 7) is 4.34. The first kappa shape index (κ1) is 22.1. The van der Waals surface area contributed by atoms with Gasteiger partial charge < -0.3 is 9.80 Å². The van der Waals surface area contributed by atoms with Gasteiger partial charge in [-0.25, -0.2) is 4.39 Å². The molecule has 7 heteroatoms. The number of amides is 2. The molecule has 2 aromatic carbocycles. The van der Waals surface area contributed by atoms with Crippen molar-refractivity contribution in [1.29, 1.82) is 0 Å². The number of hydrogen-bond acceptors (Lipinski definition) is 4. The molecular formula is C25H28FN3O3. The Labute approximate surface area is 187 Å². The molecule has 2 saturated heterocycles. The second-order valence-electron chi connectivity index (χ2n) is 8.39. The predicted octanol–water partition coefficient (Wildman–Crippen LogP) is 2.83. The molecule has 2 aliphatic heterocycles. The first-order valence-corrected chi connectivity index (χ1v) is 11.2. The van der Waals surface area contributed by atoms with Crippen LogP contribution in [0, 0.1) is 5.82 Å². The van der Waals surface area contributed by atoms with Crippen LogP contribution in [0.4, 0.5) is 4.39 Å². The quantitative estimate of drug-likeness (QED) is 0.675. The zero-order valence-corrected chi connectivity index (χ0v) is 18.1. The van der Waals surface area contributed by atoms with Crippen molar-refractivity contribution < 1.29 is 18.8 Å². The minimum atomic E-state index is -0.414. The maximum absolute atomic E-state index is 13.2. The van der Waals surface area contributed by atoms with Crippen molar-refractivity contribution in [3.63, 3.8) is 0 Å². The molecule has 0 saturated carbocycles. The number of carbonyl (C=O) groups excluding carboxylic acids is 3. The highest BCUT2D eigenvalue weighted by Gasteiger charge is 2.27. The Morgan fingerprint density at radius 1 is 0.719 bits per heavy atom. The zero-order valence-electron chi connectivity index (χ0n) is 18.1. The molecule has 168 valence electrons. The summed E-state index contributed by atoms with van der Waals surface area (Å²) in [7, 11) is 0. The summed E-state index contributed by atoms with van der Waals surface area (Å²) in [4.78, 5) is 44.4. The molecule has 4 rings (SSSR count). The molecule has 0 aliphatic carbocycles. The van der Waals surface area contributed by atoms with E-state index in [2.05, 4.69) is 4.90 Å². The molecular weight excluding hydrogens is 409 g/mol. The molecule has 2 aromatic rings. The Morgan fingerprint density at radius 2 is 1.34 bits per heavy atom. The van der Waals surface area contributed by atoms with Gasteiger partial charge in [-0.2, -0.15) is 0 Å². The first-order valence-electron chi connectivity index (χ1n) is 11.2. The van der Waals surface area contributed by atoms with E-state index in [-0.39, 0.29) is 17.6 Å². The molecule has 2 amide bonds. The number of carbonyl (C=O) groups is 3. The molecule has 0 spiro atoms. The normalized spacial score (nSPS) is 17.3. The highest BCUT2D eigenvalue weighted by molar-refractivity contribution is 6.15. The lowest BCUT2D eigenvalue weighted by atomic mass is 9.97. The van der Waals surface area contributed by atoms with Gasteiger partial charge in [0, 0.05) is 50.4 Å². The summed E-state index contributed by atoms with van der Waals surface area (Å²) in [6.07, 6.45) is 3.34. The number of hydrogen-bond donors (Lipinski definition) is 0. The zero-order chi connectivity index (χ0) is 22.5. The van der Waals surface area contributed by atoms with Crippen LogP contribution in [0.1, 0.15) is 45.5 Å². The second kappa shape index (κ2) is 10.0. The van der Waals surface area contributed by atoms with Crippen LogP contribution in [-0.4, -0.2) is 78.1 Å². The van der Waals surface area contributed by atoms with E-state index in [1.807, 2.05) is 4.90 Å². The van der Waals surface area contributed by atoms with Crippen LogP contribution in [0.25, 0.3) is 0 Å². The van der Waals surface area contributed by atoms with E-state index in [0.29, 0.717) is 49.4 Å². The lowest BCUT2D eigenvalue weighted by molar-refractivity contribution is -0.133. The van der Waals surface area contributed by atoms with Gasteiger partial charge in [-0.1, -0.05) is 18.2 Å². The SMILES string of the molecule is O=C(c1ccc(F)cc1)c1ccccc1C(=O)N1CCN(CC(=O)N2CCCCC2)CC1. The number of piperazine rings is 1. The van der Waals surface area contributed by atoms with Crippen molar-refractivity contribution in [2.24, 2.45) is 0 Å². The lowest BCUT2D eigenvalue weighted by Crippen LogP contribution is -2.52. The van der Waals surface area contributed by atoms with Gasteiger partial charge in [0.2, 0.25) is 5.91 Å². The minimum Gasteiger partial charge on any atom is -0.342 e. The summed E-state index contributed by atoms with van der Waals surface area (Å²) >= 11 is 0. The maximum atomic E-state index is 13.2. The molecule has 0 aromatic heterocycles. The fourth-order valence-electron chi connectivity index (χ4n) is 4.34. The van der Waals surface area contributed by atoms with Crippen LogP contribution in [0.5, 0.6) is 0 Å². The average Bonchev–Trinajstić information content (AvgIpc) is 2.84. The van der Waals surface area contributed by atoms with Gasteiger partial charge in [0.15, 0.2) is 5.78 Å². The topological polar surface area (TPSA) is 60.9 Å². The Bertz CT molecular complexity index is 978. The smallest absolute Gasteiger partial charge is 0.254 e. The highest BCUT2D eigenvalue weighted by Crippen LogP contribution is 2.18. The first-order chi connectivity index (χ1) is 15.5. The minimum absolute atomic E-state index is 0.166. The fraction of sp³-hybridized carbons (Fsp3) is 0.400. The number of halogens is 1. The van der Waals surface area contributed by atoms with Gasteiger partial charge in [-0.05, 0) is 49.6 Å². The Hall–Kier alpha value is -3.06. The van der Waals surface area contributed by atoms with Crippen molar-refractivity contribution in [1.82, 2.24) is 14.7 Å². The van der Waals surface area contributed by atoms with E-state index >= 15 is 0 Å². The number of ketones is 1. The predicted molar refractivity (Wildman–Crippen MR) is 119 cm³/mol. The maximum Gasteiger partial charge on any atom is 0.254 e. The van der Waals surface area contributed by atoms with Gasteiger partial charge in [-0.3, -0.25) is 19.3 Å². The summed E-state index contributed by atoms with van der Waals surface area (Å²) in [5.41, 5.74) is 0.999. The summed E-state index contributed by atoms with van der Waals surface area (Å²) in [5.74, 6) is -0.750. The van der Waals surface area contributed by atoms with E-state index < -0.39 is 5.82 Å². The van der Waals surface area contributed by atoms with Crippen LogP contribution in [0.15, 0.2) is 48.5 Å². The van der Waals surface area contributed by atoms with Crippen LogP contribution in [0.2, 0.25) is 0 Å². The standard InChI is InChI=1S/C25H28FN3O3/c26-20-10-8-19(9-11-20)24(31)21-6-2-3-7-22(21)25(32)29-16-14-27(15-17-29)18-23(30)28-12-4-1-5-13-28/h2-3,6-11H,1,4-5,12-18H2. The monoisotopic (exact) mass is 437 g/mol. The second-order valence-corrected chi connectivity index (χ2v) is 8.39. The highest BCUT2D eigenvalue weighted by atomic mass is 19.1. The number of likely N-dealkylation sites (tertiary alicyclic amines) is 1. The van der Waals surface area contributed by atoms with Crippen molar-refractivity contribution in [2.75, 3.05) is 45.8 Å². The van der Waals surface area contributed by atoms with Crippen molar-refractivity contribution >= 4 is 17.6 Å². The van der Waals surface area contributed by atoms with E-state index in [0.717, 1.165) is 25.9 Å². The molecule has 0 bridgehead atoms. The van der Waals surface area contributed by atoms with Crippen LogP contribution < -0.4 is 0 Å². The molecule has 32 heavy (non-hydrogen) atoms. The van der Waals surface area contributed by atoms with Gasteiger partial charge in [0.25, 0.3) is 5.91 Å². The number of benzene rings is 2. The third kappa shape index (κ3) is 5.05. The third-order valence-electron chi connectivity index (χ3n) is 6.24. The molecule has 2 fully saturated rings. The summed E-state index contributed by atoms with van der Waals surface area (Å²) < 4.78 is 13.2. The molecule has 0 unspecified atom stereocenters. The van der Waals surface area contributed by atoms with Crippen LogP contribution in [-0.2, 0) is 4.79 Å². The van der Waals surface area contributed by atoms with E-state index in [1.165, 1.54) is 30.7 Å². The fourth-order valence-corrected chi connectivity index (χ4v) is 4.34. The lowest BCUT2D eigenvalue weighted by Gasteiger charge is -2.36. The van der Waals surface area contributed by atoms with Crippen molar-refractivity contribution in [2.45, 2.75) is 19.3 Å². The number of piperidine rings is 1. The molecule has 2 aliphatic rings. The average molecular weight is 438 g/mol. The number of rotatable bonds is 5. The van der Waals surface area contributed by atoms with E-state index in [9.17, 15) is 18.8 Å². The molecule has 0 radical (unpaired) electrons. The largest absolute Gasteiger partial charge is 0.342 e. The number of nitrogens with zero attached hydrogens (tertiary/aromatic N) is 3. The van der Waals surface area contributed by atoms with Gasteiger partial charge >= 0.3 is 0 Å². The van der Waals surface area contributed by atoms with Crippen LogP contribution in [0.3, 0.4) is 0 Å². The molecule has 6 nitrogen and oxygen atoms in total. The molecule has 0 atom stereocenters. The summed E-state index contributed by atoms with van der Waals surface area (Å²) in [5, 5.41) is 0. The van der Waals surface area contributed by atoms with Crippen LogP contribution >= 0.6 is 0 Å². The Balaban J connectivity index is 1.39. The molecule has 0 N–H and O–H groups in total. The summed E-state index contributed by atoms with van der Waals surface area (Å²) in [6, 6.07) is 12.1. The van der Waals surface area contributed by atoms with Gasteiger partial charge in [0.05, 0.1) is 12.1 Å². The van der Waals surface area contributed by atoms with E-state index in [4.69, 9.17) is 0 Å². The molecule has 2 heterocycles. The third-order valence-corrected chi connectivity index (χ3v) is 6.24.